The fraction of sp³-hybridized carbons (Fsp3) is 0.222. The maximum atomic E-state index is 12.8. The van der Waals surface area contributed by atoms with Crippen molar-refractivity contribution in [3.05, 3.63) is 63.7 Å². The van der Waals surface area contributed by atoms with Crippen LogP contribution in [0.5, 0.6) is 0 Å². The smallest absolute Gasteiger partial charge is 0.269 e. The van der Waals surface area contributed by atoms with Crippen LogP contribution in [0.15, 0.2) is 47.5 Å². The maximum absolute atomic E-state index is 12.8. The number of carbonyl (C=O) groups is 1. The highest BCUT2D eigenvalue weighted by Crippen LogP contribution is 2.39. The first-order valence-corrected chi connectivity index (χ1v) is 7.89. The molecule has 0 unspecified atom stereocenters. The van der Waals surface area contributed by atoms with E-state index in [1.165, 1.54) is 12.1 Å². The Morgan fingerprint density at radius 2 is 1.96 bits per heavy atom. The van der Waals surface area contributed by atoms with Gasteiger partial charge in [-0.2, -0.15) is 0 Å². The number of hydrogen-bond donors (Lipinski definition) is 1. The number of rotatable bonds is 2. The standard InChI is InChI=1S/C18H15N3O4/c1-11-2-7-15-14(10-11)16(22)18(23)8-9-20(17(18)19-15)12-3-5-13(6-4-12)21(24)25/h2-7,10,23H,8-9H2,1H3/t18-/m1/s1. The van der Waals surface area contributed by atoms with Gasteiger partial charge in [-0.25, -0.2) is 4.99 Å². The number of non-ortho nitro benzene ring substituents is 1. The topological polar surface area (TPSA) is 96.0 Å². The van der Waals surface area contributed by atoms with Crippen molar-refractivity contribution >= 4 is 28.7 Å². The summed E-state index contributed by atoms with van der Waals surface area (Å²) in [5.41, 5.74) is 0.882. The van der Waals surface area contributed by atoms with Crippen LogP contribution in [0.25, 0.3) is 0 Å². The van der Waals surface area contributed by atoms with Gasteiger partial charge >= 0.3 is 0 Å². The molecule has 2 aliphatic heterocycles. The van der Waals surface area contributed by atoms with Gasteiger partial charge in [-0.3, -0.25) is 14.9 Å². The molecule has 0 bridgehead atoms. The fourth-order valence-corrected chi connectivity index (χ4v) is 3.35. The van der Waals surface area contributed by atoms with Crippen molar-refractivity contribution in [3.63, 3.8) is 0 Å². The highest BCUT2D eigenvalue weighted by molar-refractivity contribution is 6.28. The number of nitro benzene ring substituents is 1. The second-order valence-corrected chi connectivity index (χ2v) is 6.32. The van der Waals surface area contributed by atoms with E-state index in [9.17, 15) is 20.0 Å². The van der Waals surface area contributed by atoms with Crippen molar-refractivity contribution in [2.24, 2.45) is 4.99 Å². The number of aryl methyl sites for hydroxylation is 1. The molecule has 1 N–H and O–H groups in total. The average Bonchev–Trinajstić information content (AvgIpc) is 2.94. The lowest BCUT2D eigenvalue weighted by molar-refractivity contribution is -0.384. The molecule has 126 valence electrons. The Hall–Kier alpha value is -3.06. The molecule has 1 atom stereocenters. The third-order valence-corrected chi connectivity index (χ3v) is 4.69. The van der Waals surface area contributed by atoms with Crippen molar-refractivity contribution in [2.75, 3.05) is 11.4 Å². The SMILES string of the molecule is Cc1ccc2c(c1)C(=O)[C@]1(O)CCN(c3ccc([N+](=O)[O-])cc3)C1=N2. The monoisotopic (exact) mass is 337 g/mol. The van der Waals surface area contributed by atoms with Gasteiger partial charge in [0, 0.05) is 36.3 Å². The molecular weight excluding hydrogens is 322 g/mol. The first kappa shape index (κ1) is 15.5. The Labute approximate surface area is 143 Å². The molecule has 0 aromatic heterocycles. The third-order valence-electron chi connectivity index (χ3n) is 4.69. The number of ketones is 1. The van der Waals surface area contributed by atoms with Crippen LogP contribution in [-0.2, 0) is 0 Å². The number of amidine groups is 1. The predicted molar refractivity (Wildman–Crippen MR) is 92.6 cm³/mol. The van der Waals surface area contributed by atoms with Crippen LogP contribution in [0.2, 0.25) is 0 Å². The number of Topliss-reactive ketones (excluding diaryl/α,β-unsaturated/α-hetero) is 1. The average molecular weight is 337 g/mol. The van der Waals surface area contributed by atoms with Gasteiger partial charge in [0.1, 0.15) is 5.84 Å². The number of nitro groups is 1. The molecule has 2 aromatic carbocycles. The molecule has 2 heterocycles. The lowest BCUT2D eigenvalue weighted by atomic mass is 9.87. The van der Waals surface area contributed by atoms with E-state index in [0.29, 0.717) is 23.5 Å². The maximum Gasteiger partial charge on any atom is 0.269 e. The minimum absolute atomic E-state index is 0.0133. The Kier molecular flexibility index (Phi) is 3.23. The van der Waals surface area contributed by atoms with Gasteiger partial charge in [0.2, 0.25) is 5.78 Å². The number of anilines is 1. The van der Waals surface area contributed by atoms with Crippen LogP contribution >= 0.6 is 0 Å². The minimum Gasteiger partial charge on any atom is -0.374 e. The van der Waals surface area contributed by atoms with Gasteiger partial charge in [0.05, 0.1) is 10.6 Å². The number of aliphatic imine (C=N–C) groups is 1. The van der Waals surface area contributed by atoms with Gasteiger partial charge in [-0.05, 0) is 31.2 Å². The van der Waals surface area contributed by atoms with Crippen LogP contribution in [0.3, 0.4) is 0 Å². The summed E-state index contributed by atoms with van der Waals surface area (Å²) in [6, 6.07) is 11.4. The van der Waals surface area contributed by atoms with Crippen LogP contribution in [0.4, 0.5) is 17.1 Å². The molecule has 0 amide bonds. The minimum atomic E-state index is -1.65. The Bertz CT molecular complexity index is 936. The summed E-state index contributed by atoms with van der Waals surface area (Å²) in [4.78, 5) is 29.4. The van der Waals surface area contributed by atoms with Crippen LogP contribution in [0, 0.1) is 17.0 Å². The molecule has 7 heteroatoms. The second-order valence-electron chi connectivity index (χ2n) is 6.32. The molecular formula is C18H15N3O4. The zero-order chi connectivity index (χ0) is 17.8. The third kappa shape index (κ3) is 2.24. The molecule has 7 nitrogen and oxygen atoms in total. The summed E-state index contributed by atoms with van der Waals surface area (Å²) < 4.78 is 0. The molecule has 4 rings (SSSR count). The first-order valence-electron chi connectivity index (χ1n) is 7.89. The quantitative estimate of drug-likeness (QED) is 0.671. The Balaban J connectivity index is 1.79. The summed E-state index contributed by atoms with van der Waals surface area (Å²) in [6.07, 6.45) is 0.231. The highest BCUT2D eigenvalue weighted by atomic mass is 16.6. The lowest BCUT2D eigenvalue weighted by Crippen LogP contribution is -2.48. The van der Waals surface area contributed by atoms with Gasteiger partial charge in [0.15, 0.2) is 5.60 Å². The first-order chi connectivity index (χ1) is 11.9. The van der Waals surface area contributed by atoms with E-state index in [1.807, 2.05) is 13.0 Å². The summed E-state index contributed by atoms with van der Waals surface area (Å²) in [6.45, 7) is 2.29. The van der Waals surface area contributed by atoms with Gasteiger partial charge in [-0.15, -0.1) is 0 Å². The number of fused-ring (bicyclic) bond motifs is 2. The van der Waals surface area contributed by atoms with E-state index in [0.717, 1.165) is 5.56 Å². The zero-order valence-electron chi connectivity index (χ0n) is 13.5. The molecule has 2 aromatic rings. The second kappa shape index (κ2) is 5.22. The number of hydrogen-bond acceptors (Lipinski definition) is 6. The van der Waals surface area contributed by atoms with E-state index >= 15 is 0 Å². The normalized spacial score (nSPS) is 21.6. The van der Waals surface area contributed by atoms with E-state index in [1.54, 1.807) is 29.2 Å². The lowest BCUT2D eigenvalue weighted by Gasteiger charge is -2.29. The zero-order valence-corrected chi connectivity index (χ0v) is 13.5. The van der Waals surface area contributed by atoms with Crippen molar-refractivity contribution < 1.29 is 14.8 Å². The molecule has 25 heavy (non-hydrogen) atoms. The number of carbonyl (C=O) groups excluding carboxylic acids is 1. The molecule has 0 saturated carbocycles. The highest BCUT2D eigenvalue weighted by Gasteiger charge is 2.52. The molecule has 0 radical (unpaired) electrons. The Morgan fingerprint density at radius 3 is 2.64 bits per heavy atom. The van der Waals surface area contributed by atoms with Crippen molar-refractivity contribution in [3.8, 4) is 0 Å². The summed E-state index contributed by atoms with van der Waals surface area (Å²) >= 11 is 0. The molecule has 1 fully saturated rings. The van der Waals surface area contributed by atoms with Crippen molar-refractivity contribution in [1.29, 1.82) is 0 Å². The van der Waals surface area contributed by atoms with Gasteiger partial charge in [0.25, 0.3) is 5.69 Å². The van der Waals surface area contributed by atoms with Gasteiger partial charge < -0.3 is 10.0 Å². The number of aliphatic hydroxyl groups is 1. The van der Waals surface area contributed by atoms with E-state index in [4.69, 9.17) is 0 Å². The molecule has 0 aliphatic carbocycles. The van der Waals surface area contributed by atoms with Crippen molar-refractivity contribution in [1.82, 2.24) is 0 Å². The summed E-state index contributed by atoms with van der Waals surface area (Å²) in [5.74, 6) is -0.0664. The molecule has 1 saturated heterocycles. The van der Waals surface area contributed by atoms with E-state index in [2.05, 4.69) is 4.99 Å². The van der Waals surface area contributed by atoms with Crippen molar-refractivity contribution in [2.45, 2.75) is 18.9 Å². The molecule has 2 aliphatic rings. The Morgan fingerprint density at radius 1 is 1.24 bits per heavy atom. The molecule has 0 spiro atoms. The number of benzene rings is 2. The van der Waals surface area contributed by atoms with Crippen LogP contribution in [0.1, 0.15) is 22.3 Å². The van der Waals surface area contributed by atoms with E-state index < -0.39 is 10.5 Å². The summed E-state index contributed by atoms with van der Waals surface area (Å²) in [7, 11) is 0. The largest absolute Gasteiger partial charge is 0.374 e. The predicted octanol–water partition coefficient (Wildman–Crippen LogP) is 2.77. The van der Waals surface area contributed by atoms with Gasteiger partial charge in [-0.1, -0.05) is 11.6 Å². The fourth-order valence-electron chi connectivity index (χ4n) is 3.35. The van der Waals surface area contributed by atoms with Crippen LogP contribution < -0.4 is 4.90 Å². The van der Waals surface area contributed by atoms with Crippen LogP contribution in [-0.4, -0.2) is 33.8 Å². The number of nitrogens with zero attached hydrogens (tertiary/aromatic N) is 3. The van der Waals surface area contributed by atoms with E-state index in [-0.39, 0.29) is 23.7 Å². The summed E-state index contributed by atoms with van der Waals surface area (Å²) in [5, 5.41) is 21.8.